The molecule has 0 spiro atoms. The summed E-state index contributed by atoms with van der Waals surface area (Å²) in [6, 6.07) is 5.53. The Morgan fingerprint density at radius 1 is 1.44 bits per heavy atom. The van der Waals surface area contributed by atoms with Crippen LogP contribution >= 0.6 is 27.3 Å². The molecule has 1 aliphatic rings. The number of anilines is 1. The Morgan fingerprint density at radius 2 is 2.28 bits per heavy atom. The van der Waals surface area contributed by atoms with Crippen molar-refractivity contribution in [1.82, 2.24) is 4.98 Å². The van der Waals surface area contributed by atoms with Gasteiger partial charge in [-0.2, -0.15) is 0 Å². The van der Waals surface area contributed by atoms with E-state index >= 15 is 0 Å². The summed E-state index contributed by atoms with van der Waals surface area (Å²) in [6.07, 6.45) is 1.49. The summed E-state index contributed by atoms with van der Waals surface area (Å²) in [5.41, 5.74) is 1.40. The summed E-state index contributed by atoms with van der Waals surface area (Å²) in [4.78, 5) is 29.9. The van der Waals surface area contributed by atoms with Crippen LogP contribution in [0.15, 0.2) is 28.1 Å². The van der Waals surface area contributed by atoms with E-state index in [9.17, 15) is 9.59 Å². The molecule has 1 fully saturated rings. The largest absolute Gasteiger partial charge is 0.496 e. The summed E-state index contributed by atoms with van der Waals surface area (Å²) in [5.74, 6) is 0.386. The molecule has 0 aliphatic carbocycles. The number of thiazole rings is 1. The first kappa shape index (κ1) is 17.9. The summed E-state index contributed by atoms with van der Waals surface area (Å²) < 4.78 is 11.5. The lowest BCUT2D eigenvalue weighted by Crippen LogP contribution is -2.23. The van der Waals surface area contributed by atoms with E-state index in [0.29, 0.717) is 29.5 Å². The number of benzene rings is 1. The summed E-state index contributed by atoms with van der Waals surface area (Å²) >= 11 is 4.76. The topological polar surface area (TPSA) is 68.7 Å². The molecule has 0 N–H and O–H groups in total. The Labute approximate surface area is 157 Å². The van der Waals surface area contributed by atoms with Gasteiger partial charge in [0, 0.05) is 28.4 Å². The van der Waals surface area contributed by atoms with Crippen LogP contribution in [-0.4, -0.2) is 30.5 Å². The number of halogens is 1. The number of aromatic nitrogens is 1. The van der Waals surface area contributed by atoms with Gasteiger partial charge in [0.2, 0.25) is 5.91 Å². The van der Waals surface area contributed by atoms with Crippen LogP contribution in [0.4, 0.5) is 5.13 Å². The van der Waals surface area contributed by atoms with E-state index in [2.05, 4.69) is 20.9 Å². The molecule has 0 bridgehead atoms. The minimum atomic E-state index is -0.369. The minimum absolute atomic E-state index is 0.0782. The number of methoxy groups -OCH3 is 1. The van der Waals surface area contributed by atoms with Gasteiger partial charge >= 0.3 is 5.97 Å². The highest BCUT2D eigenvalue weighted by Crippen LogP contribution is 2.26. The first-order chi connectivity index (χ1) is 12.1. The number of hydrogen-bond donors (Lipinski definition) is 0. The molecule has 2 aromatic rings. The van der Waals surface area contributed by atoms with Gasteiger partial charge in [-0.3, -0.25) is 14.5 Å². The van der Waals surface area contributed by atoms with Crippen LogP contribution in [0.1, 0.15) is 24.1 Å². The van der Waals surface area contributed by atoms with Gasteiger partial charge in [0.1, 0.15) is 12.4 Å². The predicted octanol–water partition coefficient (Wildman–Crippen LogP) is 3.33. The maximum Gasteiger partial charge on any atom is 0.312 e. The highest BCUT2D eigenvalue weighted by molar-refractivity contribution is 9.10. The maximum absolute atomic E-state index is 12.1. The van der Waals surface area contributed by atoms with Gasteiger partial charge in [-0.15, -0.1) is 11.3 Å². The Hall–Kier alpha value is -1.93. The standard InChI is InChI=1S/C17H17BrN2O4S/c1-23-14-5-4-12(18)7-11(14)9-24-16(22)8-13-10-25-17(19-13)20-6-2-3-15(20)21/h4-5,7,10H,2-3,6,8-9H2,1H3. The van der Waals surface area contributed by atoms with Crippen molar-refractivity contribution >= 4 is 44.3 Å². The summed E-state index contributed by atoms with van der Waals surface area (Å²) in [6.45, 7) is 0.821. The van der Waals surface area contributed by atoms with Crippen molar-refractivity contribution in [2.45, 2.75) is 25.9 Å². The number of esters is 1. The van der Waals surface area contributed by atoms with Crippen LogP contribution in [0, 0.1) is 0 Å². The van der Waals surface area contributed by atoms with E-state index in [4.69, 9.17) is 9.47 Å². The quantitative estimate of drug-likeness (QED) is 0.665. The number of carbonyl (C=O) groups is 2. The second-order valence-electron chi connectivity index (χ2n) is 5.56. The van der Waals surface area contributed by atoms with Crippen LogP contribution in [0.3, 0.4) is 0 Å². The molecule has 3 rings (SSSR count). The number of amides is 1. The van der Waals surface area contributed by atoms with E-state index in [1.54, 1.807) is 17.4 Å². The molecule has 0 radical (unpaired) electrons. The molecule has 0 unspecified atom stereocenters. The van der Waals surface area contributed by atoms with E-state index in [-0.39, 0.29) is 24.9 Å². The van der Waals surface area contributed by atoms with E-state index < -0.39 is 0 Å². The van der Waals surface area contributed by atoms with Crippen molar-refractivity contribution in [3.05, 3.63) is 39.3 Å². The zero-order chi connectivity index (χ0) is 17.8. The lowest BCUT2D eigenvalue weighted by atomic mass is 10.2. The number of hydrogen-bond acceptors (Lipinski definition) is 6. The lowest BCUT2D eigenvalue weighted by molar-refractivity contribution is -0.144. The Bertz CT molecular complexity index is 793. The molecule has 132 valence electrons. The van der Waals surface area contributed by atoms with Crippen LogP contribution in [0.5, 0.6) is 5.75 Å². The fraction of sp³-hybridized carbons (Fsp3) is 0.353. The molecule has 0 atom stereocenters. The zero-order valence-corrected chi connectivity index (χ0v) is 16.1. The molecule has 1 aromatic carbocycles. The minimum Gasteiger partial charge on any atom is -0.496 e. The van der Waals surface area contributed by atoms with Gasteiger partial charge in [-0.05, 0) is 24.6 Å². The number of carbonyl (C=O) groups excluding carboxylic acids is 2. The van der Waals surface area contributed by atoms with Crippen LogP contribution in [-0.2, 0) is 27.4 Å². The molecule has 8 heteroatoms. The molecule has 6 nitrogen and oxygen atoms in total. The molecular weight excluding hydrogens is 408 g/mol. The smallest absolute Gasteiger partial charge is 0.312 e. The predicted molar refractivity (Wildman–Crippen MR) is 97.9 cm³/mol. The third-order valence-electron chi connectivity index (χ3n) is 3.80. The number of ether oxygens (including phenoxy) is 2. The molecule has 2 heterocycles. The van der Waals surface area contributed by atoms with Gasteiger partial charge in [0.25, 0.3) is 0 Å². The lowest BCUT2D eigenvalue weighted by Gasteiger charge is -2.10. The normalized spacial score (nSPS) is 14.0. The van der Waals surface area contributed by atoms with E-state index in [1.807, 2.05) is 18.2 Å². The van der Waals surface area contributed by atoms with Crippen molar-refractivity contribution in [2.24, 2.45) is 0 Å². The Kier molecular flexibility index (Phi) is 5.70. The molecule has 1 amide bonds. The first-order valence-corrected chi connectivity index (χ1v) is 9.47. The molecule has 1 aromatic heterocycles. The monoisotopic (exact) mass is 424 g/mol. The Morgan fingerprint density at radius 3 is 3.00 bits per heavy atom. The highest BCUT2D eigenvalue weighted by atomic mass is 79.9. The van der Waals surface area contributed by atoms with Crippen molar-refractivity contribution < 1.29 is 19.1 Å². The van der Waals surface area contributed by atoms with Gasteiger partial charge in [-0.25, -0.2) is 4.98 Å². The van der Waals surface area contributed by atoms with Gasteiger partial charge in [0.15, 0.2) is 5.13 Å². The first-order valence-electron chi connectivity index (χ1n) is 7.79. The average molecular weight is 425 g/mol. The molecule has 25 heavy (non-hydrogen) atoms. The maximum atomic E-state index is 12.1. The molecule has 0 saturated carbocycles. The van der Waals surface area contributed by atoms with Gasteiger partial charge in [0.05, 0.1) is 19.2 Å². The van der Waals surface area contributed by atoms with Crippen LogP contribution < -0.4 is 9.64 Å². The third-order valence-corrected chi connectivity index (χ3v) is 5.21. The second-order valence-corrected chi connectivity index (χ2v) is 7.32. The number of rotatable bonds is 6. The van der Waals surface area contributed by atoms with Crippen molar-refractivity contribution in [3.8, 4) is 5.75 Å². The zero-order valence-electron chi connectivity index (χ0n) is 13.7. The summed E-state index contributed by atoms with van der Waals surface area (Å²) in [5, 5.41) is 2.45. The Balaban J connectivity index is 1.57. The fourth-order valence-corrected chi connectivity index (χ4v) is 3.85. The van der Waals surface area contributed by atoms with Crippen molar-refractivity contribution in [2.75, 3.05) is 18.6 Å². The second kappa shape index (κ2) is 7.97. The molecule has 1 saturated heterocycles. The fourth-order valence-electron chi connectivity index (χ4n) is 2.57. The molecule has 1 aliphatic heterocycles. The van der Waals surface area contributed by atoms with E-state index in [1.165, 1.54) is 11.3 Å². The van der Waals surface area contributed by atoms with Crippen LogP contribution in [0.2, 0.25) is 0 Å². The van der Waals surface area contributed by atoms with E-state index in [0.717, 1.165) is 16.5 Å². The van der Waals surface area contributed by atoms with Gasteiger partial charge < -0.3 is 9.47 Å². The average Bonchev–Trinajstić information content (AvgIpc) is 3.21. The summed E-state index contributed by atoms with van der Waals surface area (Å²) in [7, 11) is 1.57. The highest BCUT2D eigenvalue weighted by Gasteiger charge is 2.24. The van der Waals surface area contributed by atoms with Crippen LogP contribution in [0.25, 0.3) is 0 Å². The van der Waals surface area contributed by atoms with Gasteiger partial charge in [-0.1, -0.05) is 15.9 Å². The SMILES string of the molecule is COc1ccc(Br)cc1COC(=O)Cc1csc(N2CCCC2=O)n1. The third kappa shape index (κ3) is 4.38. The van der Waals surface area contributed by atoms with Crippen molar-refractivity contribution in [1.29, 1.82) is 0 Å². The molecular formula is C17H17BrN2O4S. The number of nitrogens with zero attached hydrogens (tertiary/aromatic N) is 2. The van der Waals surface area contributed by atoms with Crippen molar-refractivity contribution in [3.63, 3.8) is 0 Å².